The van der Waals surface area contributed by atoms with Crippen molar-refractivity contribution in [2.75, 3.05) is 13.1 Å². The lowest BCUT2D eigenvalue weighted by Gasteiger charge is -2.15. The number of hydrogen-bond acceptors (Lipinski definition) is 5. The Hall–Kier alpha value is -0.500. The highest BCUT2D eigenvalue weighted by Gasteiger charge is 2.36. The number of rotatable bonds is 5. The van der Waals surface area contributed by atoms with Gasteiger partial charge in [0, 0.05) is 24.5 Å². The van der Waals surface area contributed by atoms with E-state index in [9.17, 15) is 8.42 Å². The number of thiazole rings is 1. The zero-order chi connectivity index (χ0) is 13.5. The van der Waals surface area contributed by atoms with Gasteiger partial charge in [0.2, 0.25) is 10.0 Å². The first-order valence-corrected chi connectivity index (χ1v) is 9.10. The molecule has 1 saturated heterocycles. The minimum absolute atomic E-state index is 0.209. The minimum Gasteiger partial charge on any atom is -0.296 e. The normalized spacial score (nSPS) is 25.0. The first-order chi connectivity index (χ1) is 9.03. The molecule has 7 heteroatoms. The van der Waals surface area contributed by atoms with Crippen LogP contribution < -0.4 is 4.72 Å². The lowest BCUT2D eigenvalue weighted by molar-refractivity contribution is 0.327. The molecule has 2 fully saturated rings. The average molecular weight is 301 g/mol. The summed E-state index contributed by atoms with van der Waals surface area (Å²) in [5.74, 6) is 0. The summed E-state index contributed by atoms with van der Waals surface area (Å²) in [6.07, 6.45) is 2.71. The molecule has 1 aromatic heterocycles. The van der Waals surface area contributed by atoms with E-state index in [-0.39, 0.29) is 11.3 Å². The van der Waals surface area contributed by atoms with E-state index >= 15 is 0 Å². The maximum absolute atomic E-state index is 12.1. The average Bonchev–Trinajstić information content (AvgIpc) is 2.86. The predicted octanol–water partition coefficient (Wildman–Crippen LogP) is 1.11. The molecule has 0 radical (unpaired) electrons. The Labute approximate surface area is 118 Å². The van der Waals surface area contributed by atoms with Crippen LogP contribution in [0.3, 0.4) is 0 Å². The first kappa shape index (κ1) is 13.5. The van der Waals surface area contributed by atoms with Gasteiger partial charge in [-0.05, 0) is 32.7 Å². The second-order valence-corrected chi connectivity index (χ2v) is 8.50. The number of hydrogen-bond donors (Lipinski definition) is 1. The second kappa shape index (κ2) is 5.12. The Morgan fingerprint density at radius 3 is 2.89 bits per heavy atom. The Bertz CT molecular complexity index is 551. The number of likely N-dealkylation sites (tertiary alicyclic amines) is 1. The molecule has 0 bridgehead atoms. The zero-order valence-electron chi connectivity index (χ0n) is 11.0. The standard InChI is InChI=1S/C12H19N3O2S2/c1-9-13-11(8-18-9)6-15-5-4-12(7-15)19(16,17)14-10-2-3-10/h8,10,12,14H,2-7H2,1H3/t12-/m1/s1. The van der Waals surface area contributed by atoms with Crippen LogP contribution >= 0.6 is 11.3 Å². The number of aromatic nitrogens is 1. The highest BCUT2D eigenvalue weighted by molar-refractivity contribution is 7.90. The van der Waals surface area contributed by atoms with Crippen LogP contribution in [0.1, 0.15) is 30.0 Å². The van der Waals surface area contributed by atoms with Gasteiger partial charge < -0.3 is 0 Å². The van der Waals surface area contributed by atoms with Gasteiger partial charge in [-0.25, -0.2) is 18.1 Å². The molecule has 2 heterocycles. The lowest BCUT2D eigenvalue weighted by atomic mass is 10.4. The molecule has 0 spiro atoms. The summed E-state index contributed by atoms with van der Waals surface area (Å²) < 4.78 is 27.1. The van der Waals surface area contributed by atoms with Crippen molar-refractivity contribution >= 4 is 21.4 Å². The summed E-state index contributed by atoms with van der Waals surface area (Å²) in [6, 6.07) is 0.209. The Morgan fingerprint density at radius 1 is 1.47 bits per heavy atom. The fourth-order valence-corrected chi connectivity index (χ4v) is 4.75. The van der Waals surface area contributed by atoms with Crippen molar-refractivity contribution in [3.63, 3.8) is 0 Å². The molecule has 5 nitrogen and oxygen atoms in total. The zero-order valence-corrected chi connectivity index (χ0v) is 12.6. The molecule has 1 aliphatic heterocycles. The van der Waals surface area contributed by atoms with Crippen molar-refractivity contribution in [1.82, 2.24) is 14.6 Å². The summed E-state index contributed by atoms with van der Waals surface area (Å²) in [5, 5.41) is 2.86. The molecule has 1 saturated carbocycles. The molecular weight excluding hydrogens is 282 g/mol. The Kier molecular flexibility index (Phi) is 3.63. The number of nitrogens with one attached hydrogen (secondary N) is 1. The molecule has 1 atom stereocenters. The number of sulfonamides is 1. The van der Waals surface area contributed by atoms with Gasteiger partial charge in [0.25, 0.3) is 0 Å². The molecule has 0 amide bonds. The van der Waals surface area contributed by atoms with Crippen LogP contribution in [0, 0.1) is 6.92 Å². The van der Waals surface area contributed by atoms with Crippen molar-refractivity contribution in [1.29, 1.82) is 0 Å². The summed E-state index contributed by atoms with van der Waals surface area (Å²) in [5.41, 5.74) is 1.05. The van der Waals surface area contributed by atoms with Gasteiger partial charge in [0.15, 0.2) is 0 Å². The van der Waals surface area contributed by atoms with Crippen LogP contribution in [0.5, 0.6) is 0 Å². The van der Waals surface area contributed by atoms with E-state index in [1.807, 2.05) is 6.92 Å². The van der Waals surface area contributed by atoms with E-state index < -0.39 is 10.0 Å². The molecule has 0 aromatic carbocycles. The van der Waals surface area contributed by atoms with Crippen LogP contribution in [0.25, 0.3) is 0 Å². The molecule has 106 valence electrons. The van der Waals surface area contributed by atoms with Crippen LogP contribution in [-0.2, 0) is 16.6 Å². The van der Waals surface area contributed by atoms with E-state index in [2.05, 4.69) is 20.0 Å². The fraction of sp³-hybridized carbons (Fsp3) is 0.750. The summed E-state index contributed by atoms with van der Waals surface area (Å²) >= 11 is 1.64. The molecule has 2 aliphatic rings. The fourth-order valence-electron chi connectivity index (χ4n) is 2.43. The number of aryl methyl sites for hydroxylation is 1. The molecule has 1 aliphatic carbocycles. The molecule has 3 rings (SSSR count). The van der Waals surface area contributed by atoms with Gasteiger partial charge in [-0.2, -0.15) is 0 Å². The van der Waals surface area contributed by atoms with Crippen LogP contribution in [-0.4, -0.2) is 42.7 Å². The molecule has 1 N–H and O–H groups in total. The Balaban J connectivity index is 1.57. The first-order valence-electron chi connectivity index (χ1n) is 6.67. The summed E-state index contributed by atoms with van der Waals surface area (Å²) in [4.78, 5) is 6.62. The summed E-state index contributed by atoms with van der Waals surface area (Å²) in [6.45, 7) is 4.22. The molecule has 0 unspecified atom stereocenters. The van der Waals surface area contributed by atoms with E-state index in [4.69, 9.17) is 0 Å². The molecular formula is C12H19N3O2S2. The van der Waals surface area contributed by atoms with Crippen LogP contribution in [0.4, 0.5) is 0 Å². The highest BCUT2D eigenvalue weighted by atomic mass is 32.2. The van der Waals surface area contributed by atoms with Crippen molar-refractivity contribution in [3.8, 4) is 0 Å². The number of nitrogens with zero attached hydrogens (tertiary/aromatic N) is 2. The molecule has 1 aromatic rings. The SMILES string of the molecule is Cc1nc(CN2CC[C@@H](S(=O)(=O)NC3CC3)C2)cs1. The maximum Gasteiger partial charge on any atom is 0.216 e. The monoisotopic (exact) mass is 301 g/mol. The topological polar surface area (TPSA) is 62.3 Å². The highest BCUT2D eigenvalue weighted by Crippen LogP contribution is 2.24. The quantitative estimate of drug-likeness (QED) is 0.885. The van der Waals surface area contributed by atoms with Crippen molar-refractivity contribution in [2.24, 2.45) is 0 Å². The largest absolute Gasteiger partial charge is 0.296 e. The van der Waals surface area contributed by atoms with E-state index in [1.54, 1.807) is 11.3 Å². The third-order valence-corrected chi connectivity index (χ3v) is 6.38. The maximum atomic E-state index is 12.1. The minimum atomic E-state index is -3.13. The van der Waals surface area contributed by atoms with Crippen molar-refractivity contribution < 1.29 is 8.42 Å². The second-order valence-electron chi connectivity index (χ2n) is 5.44. The van der Waals surface area contributed by atoms with Crippen LogP contribution in [0.15, 0.2) is 5.38 Å². The van der Waals surface area contributed by atoms with E-state index in [0.717, 1.165) is 43.1 Å². The van der Waals surface area contributed by atoms with Crippen molar-refractivity contribution in [2.45, 2.75) is 44.0 Å². The van der Waals surface area contributed by atoms with E-state index in [1.165, 1.54) is 0 Å². The van der Waals surface area contributed by atoms with Gasteiger partial charge in [-0.3, -0.25) is 4.90 Å². The smallest absolute Gasteiger partial charge is 0.216 e. The third kappa shape index (κ3) is 3.34. The van der Waals surface area contributed by atoms with Gasteiger partial charge >= 0.3 is 0 Å². The van der Waals surface area contributed by atoms with Crippen LogP contribution in [0.2, 0.25) is 0 Å². The Morgan fingerprint density at radius 2 is 2.26 bits per heavy atom. The van der Waals surface area contributed by atoms with E-state index in [0.29, 0.717) is 6.54 Å². The predicted molar refractivity (Wildman–Crippen MR) is 75.6 cm³/mol. The third-order valence-electron chi connectivity index (χ3n) is 3.63. The molecule has 19 heavy (non-hydrogen) atoms. The van der Waals surface area contributed by atoms with Gasteiger partial charge in [0.05, 0.1) is 16.0 Å². The lowest BCUT2D eigenvalue weighted by Crippen LogP contribution is -2.37. The van der Waals surface area contributed by atoms with Crippen molar-refractivity contribution in [3.05, 3.63) is 16.1 Å². The van der Waals surface area contributed by atoms with Gasteiger partial charge in [0.1, 0.15) is 0 Å². The van der Waals surface area contributed by atoms with Gasteiger partial charge in [-0.1, -0.05) is 0 Å². The summed E-state index contributed by atoms with van der Waals surface area (Å²) in [7, 11) is -3.13. The van der Waals surface area contributed by atoms with Gasteiger partial charge in [-0.15, -0.1) is 11.3 Å².